The van der Waals surface area contributed by atoms with Gasteiger partial charge in [-0.3, -0.25) is 0 Å². The monoisotopic (exact) mass is 363 g/mol. The number of ether oxygens (including phenoxy) is 1. The van der Waals surface area contributed by atoms with E-state index in [0.717, 1.165) is 30.6 Å². The molecule has 4 heteroatoms. The van der Waals surface area contributed by atoms with E-state index in [4.69, 9.17) is 14.5 Å². The summed E-state index contributed by atoms with van der Waals surface area (Å²) in [5.74, 6) is 3.04. The number of hydrogen-bond donors (Lipinski definition) is 0. The van der Waals surface area contributed by atoms with E-state index in [9.17, 15) is 0 Å². The quantitative estimate of drug-likeness (QED) is 0.661. The van der Waals surface area contributed by atoms with Crippen LogP contribution in [0.1, 0.15) is 78.1 Å². The summed E-state index contributed by atoms with van der Waals surface area (Å²) < 4.78 is 6.82. The van der Waals surface area contributed by atoms with E-state index < -0.39 is 5.79 Å². The van der Waals surface area contributed by atoms with Crippen LogP contribution in [0.5, 0.6) is 0 Å². The van der Waals surface area contributed by atoms with Crippen LogP contribution in [-0.2, 0) is 14.5 Å². The van der Waals surface area contributed by atoms with E-state index in [1.165, 1.54) is 71.0 Å². The zero-order valence-electron chi connectivity index (χ0n) is 16.8. The molecule has 0 N–H and O–H groups in total. The second-order valence-electron chi connectivity index (χ2n) is 9.96. The molecule has 1 saturated heterocycles. The second-order valence-corrected chi connectivity index (χ2v) is 9.96. The average molecular weight is 364 g/mol. The Kier molecular flexibility index (Phi) is 4.63. The molecule has 4 bridgehead atoms. The molecule has 0 radical (unpaired) electrons. The zero-order valence-corrected chi connectivity index (χ0v) is 16.8. The third-order valence-electron chi connectivity index (χ3n) is 8.56. The molecule has 0 unspecified atom stereocenters. The van der Waals surface area contributed by atoms with Crippen molar-refractivity contribution in [2.75, 3.05) is 19.6 Å². The van der Waals surface area contributed by atoms with E-state index >= 15 is 0 Å². The Labute approximate surface area is 158 Å². The van der Waals surface area contributed by atoms with Gasteiger partial charge < -0.3 is 9.64 Å². The van der Waals surface area contributed by atoms with E-state index in [2.05, 4.69) is 18.7 Å². The van der Waals surface area contributed by atoms with Gasteiger partial charge in [-0.15, -0.1) is 0 Å². The van der Waals surface area contributed by atoms with Gasteiger partial charge in [-0.05, 0) is 88.8 Å². The average Bonchev–Trinajstić information content (AvgIpc) is 3.02. The predicted molar refractivity (Wildman–Crippen MR) is 100 cm³/mol. The normalized spacial score (nSPS) is 49.7. The minimum absolute atomic E-state index is 0.387. The van der Waals surface area contributed by atoms with Crippen molar-refractivity contribution in [3.8, 4) is 0 Å². The van der Waals surface area contributed by atoms with Crippen LogP contribution in [0, 0.1) is 29.6 Å². The smallest absolute Gasteiger partial charge is 0.210 e. The van der Waals surface area contributed by atoms with Crippen LogP contribution in [0.3, 0.4) is 0 Å². The van der Waals surface area contributed by atoms with Gasteiger partial charge in [0.15, 0.2) is 0 Å². The largest absolute Gasteiger partial charge is 0.312 e. The highest BCUT2D eigenvalue weighted by molar-refractivity contribution is 5.05. The highest BCUT2D eigenvalue weighted by Gasteiger charge is 2.66. The van der Waals surface area contributed by atoms with Crippen molar-refractivity contribution in [1.29, 1.82) is 0 Å². The van der Waals surface area contributed by atoms with Crippen molar-refractivity contribution in [3.05, 3.63) is 0 Å². The zero-order chi connectivity index (χ0) is 17.8. The minimum atomic E-state index is -0.429. The van der Waals surface area contributed by atoms with E-state index in [-0.39, 0.29) is 5.79 Å². The van der Waals surface area contributed by atoms with Gasteiger partial charge in [0.2, 0.25) is 11.6 Å². The summed E-state index contributed by atoms with van der Waals surface area (Å²) >= 11 is 0. The maximum Gasteiger partial charge on any atom is 0.210 e. The molecule has 0 aromatic rings. The molecule has 148 valence electrons. The van der Waals surface area contributed by atoms with Gasteiger partial charge in [-0.1, -0.05) is 13.8 Å². The number of hydrogen-bond acceptors (Lipinski definition) is 4. The van der Waals surface area contributed by atoms with Crippen LogP contribution in [-0.4, -0.2) is 36.1 Å². The Bertz CT molecular complexity index is 482. The third kappa shape index (κ3) is 2.87. The lowest BCUT2D eigenvalue weighted by molar-refractivity contribution is -0.390. The van der Waals surface area contributed by atoms with Gasteiger partial charge in [0.1, 0.15) is 0 Å². The summed E-state index contributed by atoms with van der Waals surface area (Å²) in [4.78, 5) is 14.7. The fourth-order valence-corrected chi connectivity index (χ4v) is 7.11. The highest BCUT2D eigenvalue weighted by atomic mass is 17.3. The van der Waals surface area contributed by atoms with Crippen molar-refractivity contribution in [2.24, 2.45) is 29.6 Å². The maximum atomic E-state index is 6.82. The van der Waals surface area contributed by atoms with Crippen LogP contribution in [0.25, 0.3) is 0 Å². The molecule has 5 saturated carbocycles. The van der Waals surface area contributed by atoms with Gasteiger partial charge in [-0.25, -0.2) is 0 Å². The molecule has 1 aliphatic heterocycles. The molecular formula is C22H37NO3. The van der Waals surface area contributed by atoms with Crippen molar-refractivity contribution < 1.29 is 14.5 Å². The van der Waals surface area contributed by atoms with Crippen molar-refractivity contribution in [2.45, 2.75) is 89.6 Å². The lowest BCUT2D eigenvalue weighted by atomic mass is 9.53. The fraction of sp³-hybridized carbons (Fsp3) is 1.00. The lowest BCUT2D eigenvalue weighted by Gasteiger charge is -2.57. The van der Waals surface area contributed by atoms with Gasteiger partial charge in [0.25, 0.3) is 0 Å². The molecule has 2 spiro atoms. The third-order valence-corrected chi connectivity index (χ3v) is 8.56. The van der Waals surface area contributed by atoms with E-state index in [0.29, 0.717) is 11.8 Å². The molecule has 0 aromatic heterocycles. The lowest BCUT2D eigenvalue weighted by Crippen LogP contribution is -2.59. The summed E-state index contributed by atoms with van der Waals surface area (Å²) in [7, 11) is 0. The Hall–Kier alpha value is -0.160. The molecular weight excluding hydrogens is 326 g/mol. The standard InChI is InChI=1S/C22H37NO3/c1-3-23(4-2)10-7-16-5-8-21(9-6-16)24-22(26-25-21)19-12-17-11-18(14-19)15-20(22)13-17/h16-20H,3-15H2,1-2H3. The highest BCUT2D eigenvalue weighted by Crippen LogP contribution is 2.63. The summed E-state index contributed by atoms with van der Waals surface area (Å²) in [5, 5.41) is 0. The summed E-state index contributed by atoms with van der Waals surface area (Å²) in [6.45, 7) is 8.10. The minimum Gasteiger partial charge on any atom is -0.312 e. The number of rotatable bonds is 5. The van der Waals surface area contributed by atoms with Crippen LogP contribution in [0.2, 0.25) is 0 Å². The fourth-order valence-electron chi connectivity index (χ4n) is 7.11. The van der Waals surface area contributed by atoms with Crippen molar-refractivity contribution >= 4 is 0 Å². The van der Waals surface area contributed by atoms with E-state index in [1.54, 1.807) is 0 Å². The SMILES string of the molecule is CCN(CC)CCC1CCC2(CC1)OOC1(O2)C2CC3CC(C2)CC1C3. The first kappa shape index (κ1) is 17.9. The van der Waals surface area contributed by atoms with Crippen LogP contribution in [0.4, 0.5) is 0 Å². The Morgan fingerprint density at radius 3 is 2.04 bits per heavy atom. The molecule has 1 heterocycles. The molecule has 26 heavy (non-hydrogen) atoms. The second kappa shape index (κ2) is 6.72. The van der Waals surface area contributed by atoms with Gasteiger partial charge in [0, 0.05) is 24.7 Å². The first-order chi connectivity index (χ1) is 12.6. The van der Waals surface area contributed by atoms with Crippen LogP contribution < -0.4 is 0 Å². The Balaban J connectivity index is 1.19. The summed E-state index contributed by atoms with van der Waals surface area (Å²) in [6, 6.07) is 0. The van der Waals surface area contributed by atoms with Crippen molar-refractivity contribution in [3.63, 3.8) is 0 Å². The van der Waals surface area contributed by atoms with Gasteiger partial charge in [-0.2, -0.15) is 9.78 Å². The number of nitrogens with zero attached hydrogens (tertiary/aromatic N) is 1. The van der Waals surface area contributed by atoms with Crippen molar-refractivity contribution in [1.82, 2.24) is 4.90 Å². The summed E-state index contributed by atoms with van der Waals surface area (Å²) in [5.41, 5.74) is 0. The molecule has 0 aromatic carbocycles. The van der Waals surface area contributed by atoms with Gasteiger partial charge >= 0.3 is 0 Å². The van der Waals surface area contributed by atoms with Crippen LogP contribution >= 0.6 is 0 Å². The molecule has 6 aliphatic rings. The predicted octanol–water partition coefficient (Wildman–Crippen LogP) is 4.74. The maximum absolute atomic E-state index is 6.82. The summed E-state index contributed by atoms with van der Waals surface area (Å²) in [6.07, 6.45) is 12.5. The molecule has 0 amide bonds. The van der Waals surface area contributed by atoms with Crippen LogP contribution in [0.15, 0.2) is 0 Å². The first-order valence-electron chi connectivity index (χ1n) is 11.4. The Morgan fingerprint density at radius 2 is 1.46 bits per heavy atom. The molecule has 6 rings (SSSR count). The molecule has 6 fully saturated rings. The topological polar surface area (TPSA) is 30.9 Å². The Morgan fingerprint density at radius 1 is 0.846 bits per heavy atom. The molecule has 0 atom stereocenters. The van der Waals surface area contributed by atoms with Gasteiger partial charge in [0.05, 0.1) is 0 Å². The van der Waals surface area contributed by atoms with E-state index in [1.807, 2.05) is 0 Å². The first-order valence-corrected chi connectivity index (χ1v) is 11.4. The molecule has 4 nitrogen and oxygen atoms in total. The molecule has 5 aliphatic carbocycles.